The van der Waals surface area contributed by atoms with E-state index in [0.29, 0.717) is 12.1 Å². The molecule has 0 aliphatic heterocycles. The number of aliphatic hydroxyl groups is 1. The third-order valence-corrected chi connectivity index (χ3v) is 2.32. The number of ether oxygens (including phenoxy) is 1. The van der Waals surface area contributed by atoms with Crippen molar-refractivity contribution >= 4 is 23.3 Å². The molecule has 0 atom stereocenters. The van der Waals surface area contributed by atoms with Gasteiger partial charge in [0, 0.05) is 5.56 Å². The summed E-state index contributed by atoms with van der Waals surface area (Å²) in [7, 11) is 1.000. The van der Waals surface area contributed by atoms with Crippen LogP contribution in [0.5, 0.6) is 0 Å². The Morgan fingerprint density at radius 3 is 2.50 bits per heavy atom. The molecule has 0 saturated carbocycles. The summed E-state index contributed by atoms with van der Waals surface area (Å²) in [6, 6.07) is 2.59. The smallest absolute Gasteiger partial charge is 0.352 e. The van der Waals surface area contributed by atoms with Gasteiger partial charge in [0.15, 0.2) is 17.2 Å². The molecule has 1 rings (SSSR count). The Balaban J connectivity index is 3.47. The van der Waals surface area contributed by atoms with Crippen LogP contribution in [-0.2, 0) is 9.53 Å². The monoisotopic (exact) mass is 273 g/mol. The van der Waals surface area contributed by atoms with Gasteiger partial charge in [-0.1, -0.05) is 11.6 Å². The summed E-state index contributed by atoms with van der Waals surface area (Å²) in [6.45, 7) is 0. The van der Waals surface area contributed by atoms with Gasteiger partial charge in [-0.15, -0.1) is 0 Å². The highest BCUT2D eigenvalue weighted by atomic mass is 35.5. The number of rotatable bonds is 2. The van der Waals surface area contributed by atoms with Crippen molar-refractivity contribution in [3.8, 4) is 6.07 Å². The van der Waals surface area contributed by atoms with Crippen LogP contribution < -0.4 is 0 Å². The molecular formula is C11H6ClF2NO3. The molecule has 0 bridgehead atoms. The summed E-state index contributed by atoms with van der Waals surface area (Å²) in [5.41, 5.74) is -1.14. The molecule has 0 aliphatic rings. The number of nitrogens with zero attached hydrogens (tertiary/aromatic N) is 1. The van der Waals surface area contributed by atoms with Crippen molar-refractivity contribution in [3.05, 3.63) is 39.9 Å². The fraction of sp³-hybridized carbons (Fsp3) is 0.0909. The van der Waals surface area contributed by atoms with E-state index in [0.717, 1.165) is 7.11 Å². The maximum atomic E-state index is 13.0. The Bertz CT molecular complexity index is 578. The van der Waals surface area contributed by atoms with Crippen LogP contribution in [0.15, 0.2) is 17.7 Å². The molecule has 7 heteroatoms. The van der Waals surface area contributed by atoms with E-state index in [1.54, 1.807) is 0 Å². The third-order valence-electron chi connectivity index (χ3n) is 2.00. The second-order valence-electron chi connectivity index (χ2n) is 3.07. The molecule has 1 aromatic carbocycles. The van der Waals surface area contributed by atoms with Gasteiger partial charge in [-0.2, -0.15) is 5.26 Å². The van der Waals surface area contributed by atoms with Crippen molar-refractivity contribution < 1.29 is 23.4 Å². The molecule has 0 aliphatic carbocycles. The highest BCUT2D eigenvalue weighted by Crippen LogP contribution is 2.27. The Labute approximate surface area is 106 Å². The van der Waals surface area contributed by atoms with E-state index < -0.39 is 28.9 Å². The van der Waals surface area contributed by atoms with E-state index in [1.807, 2.05) is 0 Å². The van der Waals surface area contributed by atoms with Crippen LogP contribution in [0, 0.1) is 23.0 Å². The lowest BCUT2D eigenvalue weighted by atomic mass is 10.1. The van der Waals surface area contributed by atoms with Gasteiger partial charge in [0.25, 0.3) is 0 Å². The number of nitriles is 1. The standard InChI is InChI=1S/C11H6ClF2NO3/c1-18-11(17)6(4-15)10(16)5-2-8(13)9(14)3-7(5)12/h2-3,16H,1H3. The van der Waals surface area contributed by atoms with Crippen molar-refractivity contribution in [2.45, 2.75) is 0 Å². The molecule has 0 radical (unpaired) electrons. The maximum Gasteiger partial charge on any atom is 0.352 e. The lowest BCUT2D eigenvalue weighted by molar-refractivity contribution is -0.135. The number of halogens is 3. The second-order valence-corrected chi connectivity index (χ2v) is 3.48. The van der Waals surface area contributed by atoms with Gasteiger partial charge in [-0.3, -0.25) is 0 Å². The van der Waals surface area contributed by atoms with Crippen LogP contribution in [-0.4, -0.2) is 18.2 Å². The van der Waals surface area contributed by atoms with E-state index in [9.17, 15) is 18.7 Å². The molecule has 18 heavy (non-hydrogen) atoms. The van der Waals surface area contributed by atoms with Gasteiger partial charge in [0.1, 0.15) is 11.8 Å². The molecule has 0 fully saturated rings. The largest absolute Gasteiger partial charge is 0.506 e. The Morgan fingerprint density at radius 2 is 2.00 bits per heavy atom. The molecule has 0 unspecified atom stereocenters. The Kier molecular flexibility index (Phi) is 4.23. The Hall–Kier alpha value is -2.13. The number of benzene rings is 1. The average Bonchev–Trinajstić information content (AvgIpc) is 2.34. The number of hydrogen-bond acceptors (Lipinski definition) is 4. The fourth-order valence-electron chi connectivity index (χ4n) is 1.14. The fourth-order valence-corrected chi connectivity index (χ4v) is 1.38. The van der Waals surface area contributed by atoms with Gasteiger partial charge in [-0.25, -0.2) is 13.6 Å². The minimum atomic E-state index is -1.27. The summed E-state index contributed by atoms with van der Waals surface area (Å²) in [5.74, 6) is -4.49. The van der Waals surface area contributed by atoms with Crippen molar-refractivity contribution in [2.24, 2.45) is 0 Å². The minimum absolute atomic E-state index is 0.344. The van der Waals surface area contributed by atoms with Crippen molar-refractivity contribution in [1.82, 2.24) is 0 Å². The van der Waals surface area contributed by atoms with Gasteiger partial charge in [0.2, 0.25) is 0 Å². The molecule has 0 heterocycles. The van der Waals surface area contributed by atoms with Crippen molar-refractivity contribution in [1.29, 1.82) is 5.26 Å². The second kappa shape index (κ2) is 5.47. The summed E-state index contributed by atoms with van der Waals surface area (Å²) in [6.07, 6.45) is 0. The number of methoxy groups -OCH3 is 1. The van der Waals surface area contributed by atoms with Gasteiger partial charge >= 0.3 is 5.97 Å². The maximum absolute atomic E-state index is 13.0. The molecular weight excluding hydrogens is 268 g/mol. The van der Waals surface area contributed by atoms with E-state index in [-0.39, 0.29) is 10.6 Å². The number of hydrogen-bond donors (Lipinski definition) is 1. The van der Waals surface area contributed by atoms with Gasteiger partial charge in [-0.05, 0) is 12.1 Å². The first-order chi connectivity index (χ1) is 8.42. The minimum Gasteiger partial charge on any atom is -0.506 e. The summed E-state index contributed by atoms with van der Waals surface area (Å²) in [5, 5.41) is 18.0. The van der Waals surface area contributed by atoms with E-state index >= 15 is 0 Å². The molecule has 0 amide bonds. The number of esters is 1. The molecule has 94 valence electrons. The van der Waals surface area contributed by atoms with Crippen LogP contribution in [0.3, 0.4) is 0 Å². The van der Waals surface area contributed by atoms with E-state index in [1.165, 1.54) is 6.07 Å². The Morgan fingerprint density at radius 1 is 1.44 bits per heavy atom. The highest BCUT2D eigenvalue weighted by Gasteiger charge is 2.20. The first-order valence-electron chi connectivity index (χ1n) is 4.49. The topological polar surface area (TPSA) is 70.3 Å². The predicted octanol–water partition coefficient (Wildman–Crippen LogP) is 2.58. The zero-order valence-electron chi connectivity index (χ0n) is 9.00. The molecule has 0 aromatic heterocycles. The quantitative estimate of drug-likeness (QED) is 0.296. The van der Waals surface area contributed by atoms with Crippen LogP contribution in [0.1, 0.15) is 5.56 Å². The van der Waals surface area contributed by atoms with Crippen LogP contribution in [0.4, 0.5) is 8.78 Å². The number of aliphatic hydroxyl groups excluding tert-OH is 1. The normalized spacial score (nSPS) is 11.5. The van der Waals surface area contributed by atoms with Gasteiger partial charge < -0.3 is 9.84 Å². The summed E-state index contributed by atoms with van der Waals surface area (Å²) < 4.78 is 30.1. The van der Waals surface area contributed by atoms with Crippen molar-refractivity contribution in [3.63, 3.8) is 0 Å². The molecule has 1 N–H and O–H groups in total. The lowest BCUT2D eigenvalue weighted by Gasteiger charge is -2.06. The average molecular weight is 274 g/mol. The first kappa shape index (κ1) is 13.9. The van der Waals surface area contributed by atoms with E-state index in [2.05, 4.69) is 4.74 Å². The lowest BCUT2D eigenvalue weighted by Crippen LogP contribution is -2.06. The third kappa shape index (κ3) is 2.57. The predicted molar refractivity (Wildman–Crippen MR) is 58.5 cm³/mol. The van der Waals surface area contributed by atoms with Crippen LogP contribution in [0.2, 0.25) is 5.02 Å². The number of carbonyl (C=O) groups is 1. The van der Waals surface area contributed by atoms with E-state index in [4.69, 9.17) is 16.9 Å². The zero-order valence-corrected chi connectivity index (χ0v) is 9.76. The van der Waals surface area contributed by atoms with Crippen LogP contribution in [0.25, 0.3) is 5.76 Å². The molecule has 0 spiro atoms. The SMILES string of the molecule is COC(=O)C(C#N)=C(O)c1cc(F)c(F)cc1Cl. The first-order valence-corrected chi connectivity index (χ1v) is 4.86. The zero-order chi connectivity index (χ0) is 13.9. The number of carbonyl (C=O) groups excluding carboxylic acids is 1. The van der Waals surface area contributed by atoms with Crippen LogP contribution >= 0.6 is 11.6 Å². The molecule has 0 saturated heterocycles. The van der Waals surface area contributed by atoms with Gasteiger partial charge in [0.05, 0.1) is 12.1 Å². The molecule has 1 aromatic rings. The summed E-state index contributed by atoms with van der Waals surface area (Å²) >= 11 is 5.58. The summed E-state index contributed by atoms with van der Waals surface area (Å²) in [4.78, 5) is 11.1. The highest BCUT2D eigenvalue weighted by molar-refractivity contribution is 6.32. The van der Waals surface area contributed by atoms with Crippen molar-refractivity contribution in [2.75, 3.05) is 7.11 Å². The molecule has 4 nitrogen and oxygen atoms in total.